The Bertz CT molecular complexity index is 433. The first-order valence-corrected chi connectivity index (χ1v) is 5.12. The second-order valence-electron chi connectivity index (χ2n) is 2.76. The van der Waals surface area contributed by atoms with Crippen LogP contribution >= 0.6 is 11.3 Å². The standard InChI is InChI=1S/C9H9N3O2S/c1-14-9-7(11-2-3-12-9)8(13)6-4-10-5-15-6/h2-5,8,13H,1H3. The number of methoxy groups -OCH3 is 1. The third kappa shape index (κ3) is 1.95. The van der Waals surface area contributed by atoms with Gasteiger partial charge in [-0.15, -0.1) is 11.3 Å². The SMILES string of the molecule is COc1nccnc1C(O)c1cncs1. The minimum atomic E-state index is -0.832. The Balaban J connectivity index is 2.37. The van der Waals surface area contributed by atoms with Crippen molar-refractivity contribution in [2.24, 2.45) is 0 Å². The van der Waals surface area contributed by atoms with Crippen LogP contribution in [0, 0.1) is 0 Å². The lowest BCUT2D eigenvalue weighted by Crippen LogP contribution is -2.04. The number of hydrogen-bond donors (Lipinski definition) is 1. The van der Waals surface area contributed by atoms with E-state index in [-0.39, 0.29) is 0 Å². The summed E-state index contributed by atoms with van der Waals surface area (Å²) in [6.45, 7) is 0. The number of ether oxygens (including phenoxy) is 1. The molecular weight excluding hydrogens is 214 g/mol. The van der Waals surface area contributed by atoms with E-state index in [2.05, 4.69) is 15.0 Å². The van der Waals surface area contributed by atoms with Crippen LogP contribution in [0.2, 0.25) is 0 Å². The first-order valence-electron chi connectivity index (χ1n) is 4.24. The van der Waals surface area contributed by atoms with Crippen LogP contribution < -0.4 is 4.74 Å². The second kappa shape index (κ2) is 4.33. The highest BCUT2D eigenvalue weighted by Gasteiger charge is 2.18. The molecule has 0 aromatic carbocycles. The minimum absolute atomic E-state index is 0.332. The quantitative estimate of drug-likeness (QED) is 0.841. The van der Waals surface area contributed by atoms with Crippen LogP contribution in [0.25, 0.3) is 0 Å². The molecule has 2 heterocycles. The number of aliphatic hydroxyl groups excluding tert-OH is 1. The van der Waals surface area contributed by atoms with Crippen molar-refractivity contribution in [3.8, 4) is 5.88 Å². The van der Waals surface area contributed by atoms with Gasteiger partial charge in [0.15, 0.2) is 0 Å². The van der Waals surface area contributed by atoms with E-state index in [0.717, 1.165) is 0 Å². The number of rotatable bonds is 3. The van der Waals surface area contributed by atoms with Crippen molar-refractivity contribution in [1.82, 2.24) is 15.0 Å². The highest BCUT2D eigenvalue weighted by atomic mass is 32.1. The topological polar surface area (TPSA) is 68.1 Å². The van der Waals surface area contributed by atoms with Gasteiger partial charge in [0.25, 0.3) is 0 Å². The molecule has 5 nitrogen and oxygen atoms in total. The van der Waals surface area contributed by atoms with Gasteiger partial charge in [0.05, 0.1) is 17.5 Å². The third-order valence-corrected chi connectivity index (χ3v) is 2.69. The Morgan fingerprint density at radius 2 is 2.20 bits per heavy atom. The zero-order valence-electron chi connectivity index (χ0n) is 7.99. The number of hydrogen-bond acceptors (Lipinski definition) is 6. The zero-order chi connectivity index (χ0) is 10.7. The lowest BCUT2D eigenvalue weighted by atomic mass is 10.2. The zero-order valence-corrected chi connectivity index (χ0v) is 8.81. The van der Waals surface area contributed by atoms with Crippen LogP contribution in [0.1, 0.15) is 16.7 Å². The van der Waals surface area contributed by atoms with Gasteiger partial charge in [-0.1, -0.05) is 0 Å². The van der Waals surface area contributed by atoms with Crippen molar-refractivity contribution in [2.45, 2.75) is 6.10 Å². The summed E-state index contributed by atoms with van der Waals surface area (Å²) in [7, 11) is 1.49. The summed E-state index contributed by atoms with van der Waals surface area (Å²) in [6, 6.07) is 0. The molecule has 0 amide bonds. The summed E-state index contributed by atoms with van der Waals surface area (Å²) in [5.41, 5.74) is 2.06. The summed E-state index contributed by atoms with van der Waals surface area (Å²) in [6.07, 6.45) is 3.80. The van der Waals surface area contributed by atoms with Gasteiger partial charge in [-0.3, -0.25) is 9.97 Å². The Hall–Kier alpha value is -1.53. The van der Waals surface area contributed by atoms with E-state index in [9.17, 15) is 5.11 Å². The Morgan fingerprint density at radius 1 is 1.40 bits per heavy atom. The van der Waals surface area contributed by atoms with Gasteiger partial charge in [0, 0.05) is 18.6 Å². The smallest absolute Gasteiger partial charge is 0.238 e. The lowest BCUT2D eigenvalue weighted by molar-refractivity contribution is 0.211. The molecule has 78 valence electrons. The van der Waals surface area contributed by atoms with Gasteiger partial charge in [0.1, 0.15) is 11.8 Å². The molecule has 0 fully saturated rings. The molecule has 2 aromatic rings. The Kier molecular flexibility index (Phi) is 2.89. The fraction of sp³-hybridized carbons (Fsp3) is 0.222. The predicted molar refractivity (Wildman–Crippen MR) is 54.8 cm³/mol. The monoisotopic (exact) mass is 223 g/mol. The van der Waals surface area contributed by atoms with E-state index < -0.39 is 6.10 Å². The number of aromatic nitrogens is 3. The molecule has 15 heavy (non-hydrogen) atoms. The van der Waals surface area contributed by atoms with Gasteiger partial charge in [-0.05, 0) is 0 Å². The van der Waals surface area contributed by atoms with Crippen molar-refractivity contribution >= 4 is 11.3 Å². The molecule has 1 unspecified atom stereocenters. The van der Waals surface area contributed by atoms with Gasteiger partial charge in [0.2, 0.25) is 5.88 Å². The molecular formula is C9H9N3O2S. The van der Waals surface area contributed by atoms with E-state index in [1.165, 1.54) is 30.8 Å². The molecule has 0 aliphatic heterocycles. The summed E-state index contributed by atoms with van der Waals surface area (Å²) in [5, 5.41) is 9.98. The van der Waals surface area contributed by atoms with Gasteiger partial charge in [-0.2, -0.15) is 0 Å². The Labute approximate surface area is 90.4 Å². The van der Waals surface area contributed by atoms with Crippen LogP contribution in [-0.4, -0.2) is 27.2 Å². The van der Waals surface area contributed by atoms with E-state index in [1.54, 1.807) is 11.7 Å². The van der Waals surface area contributed by atoms with Crippen LogP contribution in [0.4, 0.5) is 0 Å². The van der Waals surface area contributed by atoms with Crippen LogP contribution in [0.5, 0.6) is 5.88 Å². The van der Waals surface area contributed by atoms with E-state index in [1.807, 2.05) is 0 Å². The maximum absolute atomic E-state index is 9.98. The van der Waals surface area contributed by atoms with Gasteiger partial charge < -0.3 is 9.84 Å². The summed E-state index contributed by atoms with van der Waals surface area (Å²) < 4.78 is 5.02. The third-order valence-electron chi connectivity index (χ3n) is 1.86. The number of aliphatic hydroxyl groups is 1. The first-order chi connectivity index (χ1) is 7.33. The molecule has 2 rings (SSSR count). The van der Waals surface area contributed by atoms with E-state index >= 15 is 0 Å². The fourth-order valence-corrected chi connectivity index (χ4v) is 1.78. The number of nitrogens with zero attached hydrogens (tertiary/aromatic N) is 3. The fourth-order valence-electron chi connectivity index (χ4n) is 1.18. The van der Waals surface area contributed by atoms with Crippen LogP contribution in [-0.2, 0) is 0 Å². The van der Waals surface area contributed by atoms with Crippen LogP contribution in [0.15, 0.2) is 24.1 Å². The molecule has 0 aliphatic rings. The average molecular weight is 223 g/mol. The highest BCUT2D eigenvalue weighted by Crippen LogP contribution is 2.27. The molecule has 0 bridgehead atoms. The largest absolute Gasteiger partial charge is 0.480 e. The van der Waals surface area contributed by atoms with Crippen molar-refractivity contribution in [3.63, 3.8) is 0 Å². The second-order valence-corrected chi connectivity index (χ2v) is 3.68. The predicted octanol–water partition coefficient (Wildman–Crippen LogP) is 1.02. The van der Waals surface area contributed by atoms with Crippen LogP contribution in [0.3, 0.4) is 0 Å². The maximum Gasteiger partial charge on any atom is 0.238 e. The van der Waals surface area contributed by atoms with Gasteiger partial charge in [-0.25, -0.2) is 4.98 Å². The molecule has 0 spiro atoms. The summed E-state index contributed by atoms with van der Waals surface area (Å²) in [5.74, 6) is 0.332. The molecule has 0 radical (unpaired) electrons. The van der Waals surface area contributed by atoms with Crippen molar-refractivity contribution in [3.05, 3.63) is 34.7 Å². The molecule has 1 N–H and O–H groups in total. The summed E-state index contributed by atoms with van der Waals surface area (Å²) in [4.78, 5) is 12.6. The lowest BCUT2D eigenvalue weighted by Gasteiger charge is -2.09. The summed E-state index contributed by atoms with van der Waals surface area (Å²) >= 11 is 1.36. The normalized spacial score (nSPS) is 12.4. The molecule has 6 heteroatoms. The van der Waals surface area contributed by atoms with Crippen molar-refractivity contribution in [2.75, 3.05) is 7.11 Å². The van der Waals surface area contributed by atoms with Crippen molar-refractivity contribution in [1.29, 1.82) is 0 Å². The molecule has 1 atom stereocenters. The van der Waals surface area contributed by atoms with E-state index in [0.29, 0.717) is 16.5 Å². The van der Waals surface area contributed by atoms with Gasteiger partial charge >= 0.3 is 0 Å². The molecule has 2 aromatic heterocycles. The highest BCUT2D eigenvalue weighted by molar-refractivity contribution is 7.09. The van der Waals surface area contributed by atoms with E-state index in [4.69, 9.17) is 4.74 Å². The average Bonchev–Trinajstić information content (AvgIpc) is 2.81. The molecule has 0 saturated heterocycles. The van der Waals surface area contributed by atoms with Crippen molar-refractivity contribution < 1.29 is 9.84 Å². The Morgan fingerprint density at radius 3 is 2.87 bits per heavy atom. The maximum atomic E-state index is 9.98. The minimum Gasteiger partial charge on any atom is -0.480 e. The molecule has 0 saturated carbocycles. The number of thiazole rings is 1. The molecule has 0 aliphatic carbocycles. The first kappa shape index (κ1) is 10.0.